The van der Waals surface area contributed by atoms with Crippen molar-refractivity contribution >= 4 is 58.9 Å². The summed E-state index contributed by atoms with van der Waals surface area (Å²) in [5.41, 5.74) is 1.03. The van der Waals surface area contributed by atoms with Gasteiger partial charge in [0.2, 0.25) is 35.3 Å². The summed E-state index contributed by atoms with van der Waals surface area (Å²) in [7, 11) is 3.08. The highest BCUT2D eigenvalue weighted by Crippen LogP contribution is 2.27. The molecule has 69 heavy (non-hydrogen) atoms. The van der Waals surface area contributed by atoms with Crippen LogP contribution in [0.2, 0.25) is 0 Å². The number of para-hydroxylation sites is 1. The zero-order chi connectivity index (χ0) is 50.2. The SMILES string of the molecule is CCC[C@H](NC(=O)[C@@H]1CN(C(=O)Nc2ccccc2)C[C@@H]1NC(=O)[C@@H](NC(=O)[C@@H](NC(=O)c1cnccn1)C1CCCCC1)C(C)C)C(=O)C(=O)N[C@@H](C)C(=O)N[C@H](C(=O)N(C)C)c1ccccc1. The molecule has 1 aromatic heterocycles. The molecule has 2 heterocycles. The molecule has 3 aromatic rings. The summed E-state index contributed by atoms with van der Waals surface area (Å²) in [6.45, 7) is 6.24. The van der Waals surface area contributed by atoms with E-state index < -0.39 is 101 Å². The Balaban J connectivity index is 1.31. The minimum atomic E-state index is -1.36. The maximum Gasteiger partial charge on any atom is 0.321 e. The lowest BCUT2D eigenvalue weighted by Gasteiger charge is -2.32. The van der Waals surface area contributed by atoms with E-state index in [9.17, 15) is 43.2 Å². The summed E-state index contributed by atoms with van der Waals surface area (Å²) in [6, 6.07) is 9.75. The molecule has 7 N–H and O–H groups in total. The standard InChI is InChI=1S/C49H65N11O9/c1-7-17-35(41(61)47(67)52-30(4)42(62)58-40(48(68)59(5)6)32-20-13-9-14-21-32)54-43(63)34-27-60(49(69)53-33-22-15-10-16-23-33)28-37(34)55-45(65)38(29(2)3)56-46(66)39(31-18-11-8-12-19-31)57-44(64)36-26-50-24-25-51-36/h9-10,13-16,20-26,29-31,34-35,37-40H,7-8,11-12,17-19,27-28H2,1-6H3,(H,52,67)(H,53,69)(H,54,63)(H,55,65)(H,56,66)(H,57,64)(H,58,62)/t30-,34+,35-,37-,38-,39-,40-/m0/s1. The Morgan fingerprint density at radius 2 is 1.42 bits per heavy atom. The molecule has 2 aromatic carbocycles. The Morgan fingerprint density at radius 3 is 2.03 bits per heavy atom. The van der Waals surface area contributed by atoms with Crippen LogP contribution in [-0.4, -0.2) is 130 Å². The molecule has 20 heteroatoms. The Kier molecular flexibility index (Phi) is 19.3. The van der Waals surface area contributed by atoms with E-state index in [4.69, 9.17) is 0 Å². The molecule has 7 atom stereocenters. The summed E-state index contributed by atoms with van der Waals surface area (Å²) >= 11 is 0. The Hall–Kier alpha value is -7.25. The fourth-order valence-electron chi connectivity index (χ4n) is 8.44. The molecule has 5 rings (SSSR count). The minimum absolute atomic E-state index is 0.0308. The summed E-state index contributed by atoms with van der Waals surface area (Å²) in [5.74, 6) is -7.69. The number of anilines is 1. The number of carbonyl (C=O) groups is 9. The molecule has 20 nitrogen and oxygen atoms in total. The number of nitrogens with zero attached hydrogens (tertiary/aromatic N) is 4. The highest BCUT2D eigenvalue weighted by Gasteiger charge is 2.44. The van der Waals surface area contributed by atoms with E-state index in [1.54, 1.807) is 95.5 Å². The van der Waals surface area contributed by atoms with Crippen molar-refractivity contribution in [3.63, 3.8) is 0 Å². The molecule has 9 amide bonds. The van der Waals surface area contributed by atoms with Crippen LogP contribution in [0.15, 0.2) is 79.3 Å². The van der Waals surface area contributed by atoms with Crippen molar-refractivity contribution < 1.29 is 43.2 Å². The second-order valence-corrected chi connectivity index (χ2v) is 18.1. The van der Waals surface area contributed by atoms with E-state index in [0.29, 0.717) is 30.5 Å². The summed E-state index contributed by atoms with van der Waals surface area (Å²) in [4.78, 5) is 134. The molecule has 1 saturated heterocycles. The van der Waals surface area contributed by atoms with Gasteiger partial charge in [-0.05, 0) is 55.7 Å². The number of urea groups is 1. The second-order valence-electron chi connectivity index (χ2n) is 18.1. The summed E-state index contributed by atoms with van der Waals surface area (Å²) in [5, 5.41) is 19.1. The first-order chi connectivity index (χ1) is 33.0. The first-order valence-corrected chi connectivity index (χ1v) is 23.5. The van der Waals surface area contributed by atoms with Crippen LogP contribution in [0.25, 0.3) is 0 Å². The van der Waals surface area contributed by atoms with Crippen LogP contribution in [0, 0.1) is 17.8 Å². The molecule has 0 radical (unpaired) electrons. The fourth-order valence-corrected chi connectivity index (χ4v) is 8.44. The third-order valence-electron chi connectivity index (χ3n) is 12.3. The van der Waals surface area contributed by atoms with E-state index in [2.05, 4.69) is 47.2 Å². The molecule has 1 saturated carbocycles. The van der Waals surface area contributed by atoms with Crippen LogP contribution in [0.3, 0.4) is 0 Å². The second kappa shape index (κ2) is 25.2. The van der Waals surface area contributed by atoms with Crippen molar-refractivity contribution in [3.8, 4) is 0 Å². The minimum Gasteiger partial charge on any atom is -0.349 e. The highest BCUT2D eigenvalue weighted by atomic mass is 16.2. The Labute approximate surface area is 402 Å². The van der Waals surface area contributed by atoms with Gasteiger partial charge in [0.15, 0.2) is 0 Å². The average molecular weight is 952 g/mol. The number of nitrogens with one attached hydrogen (secondary N) is 7. The number of Topliss-reactive ketones (excluding diaryl/α,β-unsaturated/α-hetero) is 1. The number of benzene rings is 2. The quantitative estimate of drug-likeness (QED) is 0.0808. The molecule has 370 valence electrons. The zero-order valence-electron chi connectivity index (χ0n) is 40.0. The third kappa shape index (κ3) is 14.6. The van der Waals surface area contributed by atoms with E-state index >= 15 is 0 Å². The topological polar surface area (TPSA) is 270 Å². The normalized spacial score (nSPS) is 18.0. The van der Waals surface area contributed by atoms with Gasteiger partial charge in [0, 0.05) is 45.3 Å². The van der Waals surface area contributed by atoms with Crippen LogP contribution in [0.1, 0.15) is 94.7 Å². The van der Waals surface area contributed by atoms with Gasteiger partial charge >= 0.3 is 6.03 Å². The number of likely N-dealkylation sites (N-methyl/N-ethyl adjacent to an activating group) is 1. The molecule has 1 aliphatic heterocycles. The number of carbonyl (C=O) groups excluding carboxylic acids is 9. The molecule has 1 aliphatic carbocycles. The number of ketones is 1. The molecule has 0 bridgehead atoms. The van der Waals surface area contributed by atoms with E-state index in [1.807, 2.05) is 0 Å². The predicted octanol–water partition coefficient (Wildman–Crippen LogP) is 2.25. The molecule has 2 aliphatic rings. The lowest BCUT2D eigenvalue weighted by molar-refractivity contribution is -0.142. The van der Waals surface area contributed by atoms with E-state index in [0.717, 1.165) is 19.3 Å². The lowest BCUT2D eigenvalue weighted by Crippen LogP contribution is -2.59. The lowest BCUT2D eigenvalue weighted by atomic mass is 9.83. The maximum absolute atomic E-state index is 14.3. The first kappa shape index (κ1) is 52.7. The smallest absolute Gasteiger partial charge is 0.321 e. The number of likely N-dealkylation sites (tertiary alicyclic amines) is 1. The van der Waals surface area contributed by atoms with E-state index in [1.165, 1.54) is 35.3 Å². The molecule has 0 spiro atoms. The average Bonchev–Trinajstić information content (AvgIpc) is 3.78. The van der Waals surface area contributed by atoms with Gasteiger partial charge in [-0.1, -0.05) is 95.0 Å². The van der Waals surface area contributed by atoms with Gasteiger partial charge in [-0.25, -0.2) is 9.78 Å². The largest absolute Gasteiger partial charge is 0.349 e. The van der Waals surface area contributed by atoms with Crippen LogP contribution in [-0.2, 0) is 33.6 Å². The van der Waals surface area contributed by atoms with Gasteiger partial charge in [0.05, 0.1) is 24.2 Å². The Morgan fingerprint density at radius 1 is 0.754 bits per heavy atom. The summed E-state index contributed by atoms with van der Waals surface area (Å²) < 4.78 is 0. The third-order valence-corrected chi connectivity index (χ3v) is 12.3. The maximum atomic E-state index is 14.3. The number of aromatic nitrogens is 2. The van der Waals surface area contributed by atoms with Crippen LogP contribution in [0.5, 0.6) is 0 Å². The van der Waals surface area contributed by atoms with Crippen molar-refractivity contribution in [2.75, 3.05) is 32.5 Å². The molecule has 2 fully saturated rings. The molecular formula is C49H65N11O9. The van der Waals surface area contributed by atoms with Gasteiger partial charge < -0.3 is 47.0 Å². The fraction of sp³-hybridized carbons (Fsp3) is 0.490. The van der Waals surface area contributed by atoms with Crippen LogP contribution in [0.4, 0.5) is 10.5 Å². The van der Waals surface area contributed by atoms with Gasteiger partial charge in [0.25, 0.3) is 11.8 Å². The summed E-state index contributed by atoms with van der Waals surface area (Å²) in [6.07, 6.45) is 8.58. The van der Waals surface area contributed by atoms with Crippen molar-refractivity contribution in [3.05, 3.63) is 90.5 Å². The van der Waals surface area contributed by atoms with Crippen molar-refractivity contribution in [2.24, 2.45) is 17.8 Å². The van der Waals surface area contributed by atoms with Gasteiger partial charge in [0.1, 0.15) is 29.9 Å². The van der Waals surface area contributed by atoms with Crippen molar-refractivity contribution in [1.29, 1.82) is 0 Å². The molecular weight excluding hydrogens is 887 g/mol. The first-order valence-electron chi connectivity index (χ1n) is 23.5. The van der Waals surface area contributed by atoms with Crippen LogP contribution < -0.4 is 37.2 Å². The Bertz CT molecular complexity index is 2280. The van der Waals surface area contributed by atoms with Crippen molar-refractivity contribution in [1.82, 2.24) is 51.7 Å². The van der Waals surface area contributed by atoms with Crippen molar-refractivity contribution in [2.45, 2.75) is 109 Å². The number of hydrogen-bond acceptors (Lipinski definition) is 11. The van der Waals surface area contributed by atoms with Gasteiger partial charge in [-0.3, -0.25) is 43.3 Å². The number of hydrogen-bond donors (Lipinski definition) is 7. The molecule has 0 unspecified atom stereocenters. The highest BCUT2D eigenvalue weighted by molar-refractivity contribution is 6.38. The number of rotatable bonds is 20. The van der Waals surface area contributed by atoms with Gasteiger partial charge in [-0.15, -0.1) is 0 Å². The predicted molar refractivity (Wildman–Crippen MR) is 255 cm³/mol. The zero-order valence-corrected chi connectivity index (χ0v) is 40.0. The monoisotopic (exact) mass is 951 g/mol. The van der Waals surface area contributed by atoms with E-state index in [-0.39, 0.29) is 31.1 Å². The van der Waals surface area contributed by atoms with Crippen LogP contribution >= 0.6 is 0 Å². The van der Waals surface area contributed by atoms with Gasteiger partial charge in [-0.2, -0.15) is 0 Å². The number of amides is 9.